The number of hydrogen-bond donors (Lipinski definition) is 0. The van der Waals surface area contributed by atoms with Crippen molar-refractivity contribution >= 4 is 0 Å². The minimum absolute atomic E-state index is 0.338. The standard InChI is InChI=1S/C19H36N2/c1-18(2,3)13-10-8-7-9-11-15-21-17(12-14-20-21)16-19(4,5)6/h12,14H,7-11,13,15-16H2,1-6H3. The first kappa shape index (κ1) is 18.3. The Labute approximate surface area is 132 Å². The van der Waals surface area contributed by atoms with Gasteiger partial charge in [0.2, 0.25) is 0 Å². The molecule has 0 amide bonds. The van der Waals surface area contributed by atoms with E-state index in [1.807, 2.05) is 6.20 Å². The molecule has 2 heteroatoms. The van der Waals surface area contributed by atoms with Gasteiger partial charge in [-0.3, -0.25) is 4.68 Å². The van der Waals surface area contributed by atoms with Gasteiger partial charge in [0.05, 0.1) is 0 Å². The summed E-state index contributed by atoms with van der Waals surface area (Å²) in [6.45, 7) is 15.0. The summed E-state index contributed by atoms with van der Waals surface area (Å²) in [5, 5.41) is 4.48. The number of unbranched alkanes of at least 4 members (excludes halogenated alkanes) is 4. The van der Waals surface area contributed by atoms with Crippen LogP contribution in [0.2, 0.25) is 0 Å². The zero-order valence-electron chi connectivity index (χ0n) is 15.2. The van der Waals surface area contributed by atoms with E-state index < -0.39 is 0 Å². The maximum atomic E-state index is 4.48. The molecule has 0 aliphatic rings. The van der Waals surface area contributed by atoms with Crippen LogP contribution in [-0.2, 0) is 13.0 Å². The second-order valence-corrected chi connectivity index (χ2v) is 8.86. The van der Waals surface area contributed by atoms with Crippen LogP contribution < -0.4 is 0 Å². The van der Waals surface area contributed by atoms with Crippen molar-refractivity contribution in [1.82, 2.24) is 9.78 Å². The quantitative estimate of drug-likeness (QED) is 0.549. The van der Waals surface area contributed by atoms with E-state index in [0.717, 1.165) is 13.0 Å². The molecule has 0 saturated carbocycles. The molecule has 0 aliphatic heterocycles. The van der Waals surface area contributed by atoms with E-state index in [9.17, 15) is 0 Å². The van der Waals surface area contributed by atoms with E-state index in [0.29, 0.717) is 10.8 Å². The van der Waals surface area contributed by atoms with Crippen LogP contribution in [0.15, 0.2) is 12.3 Å². The van der Waals surface area contributed by atoms with Gasteiger partial charge in [-0.05, 0) is 36.2 Å². The lowest BCUT2D eigenvalue weighted by Gasteiger charge is -2.19. The summed E-state index contributed by atoms with van der Waals surface area (Å²) in [6, 6.07) is 2.18. The van der Waals surface area contributed by atoms with Gasteiger partial charge in [0.15, 0.2) is 0 Å². The largest absolute Gasteiger partial charge is 0.270 e. The third-order valence-electron chi connectivity index (χ3n) is 3.81. The first-order chi connectivity index (χ1) is 9.67. The average Bonchev–Trinajstić information content (AvgIpc) is 2.71. The average molecular weight is 293 g/mol. The summed E-state index contributed by atoms with van der Waals surface area (Å²) in [7, 11) is 0. The Hall–Kier alpha value is -0.790. The maximum absolute atomic E-state index is 4.48. The summed E-state index contributed by atoms with van der Waals surface area (Å²) in [4.78, 5) is 0. The lowest BCUT2D eigenvalue weighted by Crippen LogP contribution is -2.14. The topological polar surface area (TPSA) is 17.8 Å². The van der Waals surface area contributed by atoms with Gasteiger partial charge < -0.3 is 0 Å². The van der Waals surface area contributed by atoms with E-state index in [2.05, 4.69) is 57.4 Å². The van der Waals surface area contributed by atoms with Crippen LogP contribution >= 0.6 is 0 Å². The Kier molecular flexibility index (Phi) is 6.96. The van der Waals surface area contributed by atoms with E-state index >= 15 is 0 Å². The highest BCUT2D eigenvalue weighted by atomic mass is 15.3. The summed E-state index contributed by atoms with van der Waals surface area (Å²) in [5.74, 6) is 0. The second-order valence-electron chi connectivity index (χ2n) is 8.86. The van der Waals surface area contributed by atoms with Gasteiger partial charge in [-0.2, -0.15) is 5.10 Å². The van der Waals surface area contributed by atoms with Crippen molar-refractivity contribution in [3.8, 4) is 0 Å². The van der Waals surface area contributed by atoms with Crippen molar-refractivity contribution in [1.29, 1.82) is 0 Å². The highest BCUT2D eigenvalue weighted by Crippen LogP contribution is 2.23. The SMILES string of the molecule is CC(C)(C)CCCCCCCn1nccc1CC(C)(C)C. The van der Waals surface area contributed by atoms with Gasteiger partial charge >= 0.3 is 0 Å². The monoisotopic (exact) mass is 292 g/mol. The van der Waals surface area contributed by atoms with Crippen molar-refractivity contribution < 1.29 is 0 Å². The van der Waals surface area contributed by atoms with Crippen molar-refractivity contribution in [3.63, 3.8) is 0 Å². The third-order valence-corrected chi connectivity index (χ3v) is 3.81. The number of hydrogen-bond acceptors (Lipinski definition) is 1. The Morgan fingerprint density at radius 2 is 1.48 bits per heavy atom. The molecular weight excluding hydrogens is 256 g/mol. The smallest absolute Gasteiger partial charge is 0.0492 e. The Morgan fingerprint density at radius 3 is 2.10 bits per heavy atom. The van der Waals surface area contributed by atoms with E-state index in [4.69, 9.17) is 0 Å². The van der Waals surface area contributed by atoms with Gasteiger partial charge in [0.1, 0.15) is 0 Å². The van der Waals surface area contributed by atoms with Gasteiger partial charge in [0.25, 0.3) is 0 Å². The van der Waals surface area contributed by atoms with E-state index in [1.54, 1.807) is 0 Å². The molecule has 1 aromatic rings. The number of aromatic nitrogens is 2. The molecule has 0 radical (unpaired) electrons. The highest BCUT2D eigenvalue weighted by Gasteiger charge is 2.14. The summed E-state index contributed by atoms with van der Waals surface area (Å²) in [6.07, 6.45) is 11.1. The molecule has 0 bridgehead atoms. The lowest BCUT2D eigenvalue weighted by molar-refractivity contribution is 0.355. The lowest BCUT2D eigenvalue weighted by atomic mass is 9.89. The van der Waals surface area contributed by atoms with Gasteiger partial charge in [-0.25, -0.2) is 0 Å². The molecule has 2 nitrogen and oxygen atoms in total. The minimum Gasteiger partial charge on any atom is -0.270 e. The Morgan fingerprint density at radius 1 is 0.857 bits per heavy atom. The van der Waals surface area contributed by atoms with Crippen molar-refractivity contribution in [2.75, 3.05) is 0 Å². The predicted octanol–water partition coefficient (Wildman–Crippen LogP) is 5.86. The fourth-order valence-corrected chi connectivity index (χ4v) is 2.70. The molecule has 0 fully saturated rings. The van der Waals surface area contributed by atoms with Crippen LogP contribution in [0.25, 0.3) is 0 Å². The molecule has 0 aliphatic carbocycles. The molecule has 0 spiro atoms. The molecule has 0 aromatic carbocycles. The van der Waals surface area contributed by atoms with Crippen LogP contribution in [-0.4, -0.2) is 9.78 Å². The van der Waals surface area contributed by atoms with Crippen LogP contribution in [0, 0.1) is 10.8 Å². The minimum atomic E-state index is 0.338. The zero-order valence-corrected chi connectivity index (χ0v) is 15.2. The fraction of sp³-hybridized carbons (Fsp3) is 0.842. The zero-order chi connectivity index (χ0) is 15.9. The predicted molar refractivity (Wildman–Crippen MR) is 92.5 cm³/mol. The molecule has 122 valence electrons. The highest BCUT2D eigenvalue weighted by molar-refractivity contribution is 5.02. The van der Waals surface area contributed by atoms with E-state index in [-0.39, 0.29) is 0 Å². The summed E-state index contributed by atoms with van der Waals surface area (Å²) in [5.41, 5.74) is 2.22. The van der Waals surface area contributed by atoms with Crippen molar-refractivity contribution in [3.05, 3.63) is 18.0 Å². The molecule has 1 heterocycles. The molecule has 0 saturated heterocycles. The first-order valence-electron chi connectivity index (χ1n) is 8.68. The summed E-state index contributed by atoms with van der Waals surface area (Å²) < 4.78 is 2.21. The molecule has 0 atom stereocenters. The summed E-state index contributed by atoms with van der Waals surface area (Å²) >= 11 is 0. The van der Waals surface area contributed by atoms with E-state index in [1.165, 1.54) is 44.2 Å². The van der Waals surface area contributed by atoms with Gasteiger partial charge in [-0.15, -0.1) is 0 Å². The second kappa shape index (κ2) is 8.00. The van der Waals surface area contributed by atoms with Gasteiger partial charge in [0, 0.05) is 18.4 Å². The van der Waals surface area contributed by atoms with Crippen molar-refractivity contribution in [2.24, 2.45) is 10.8 Å². The van der Waals surface area contributed by atoms with Crippen molar-refractivity contribution in [2.45, 2.75) is 93.0 Å². The van der Waals surface area contributed by atoms with Crippen LogP contribution in [0.1, 0.15) is 85.8 Å². The third kappa shape index (κ3) is 8.95. The molecule has 21 heavy (non-hydrogen) atoms. The fourth-order valence-electron chi connectivity index (χ4n) is 2.70. The maximum Gasteiger partial charge on any atom is 0.0492 e. The number of rotatable bonds is 8. The van der Waals surface area contributed by atoms with Gasteiger partial charge in [-0.1, -0.05) is 67.2 Å². The van der Waals surface area contributed by atoms with Crippen LogP contribution in [0.5, 0.6) is 0 Å². The molecule has 1 rings (SSSR count). The molecule has 0 unspecified atom stereocenters. The molecular formula is C19H36N2. The van der Waals surface area contributed by atoms with Crippen LogP contribution in [0.3, 0.4) is 0 Å². The number of nitrogens with zero attached hydrogens (tertiary/aromatic N) is 2. The number of aryl methyl sites for hydroxylation is 1. The Bertz CT molecular complexity index is 390. The molecule has 0 N–H and O–H groups in total. The Balaban J connectivity index is 2.18. The van der Waals surface area contributed by atoms with Crippen LogP contribution in [0.4, 0.5) is 0 Å². The first-order valence-corrected chi connectivity index (χ1v) is 8.68. The normalized spacial score (nSPS) is 12.9. The molecule has 1 aromatic heterocycles.